The first kappa shape index (κ1) is 21.4. The third-order valence-corrected chi connectivity index (χ3v) is 4.60. The van der Waals surface area contributed by atoms with Gasteiger partial charge in [-0.05, 0) is 29.8 Å². The Labute approximate surface area is 166 Å². The molecular weight excluding hydrogens is 356 g/mol. The molecule has 28 heavy (non-hydrogen) atoms. The second-order valence-electron chi connectivity index (χ2n) is 6.28. The van der Waals surface area contributed by atoms with Crippen LogP contribution in [0.4, 0.5) is 0 Å². The maximum Gasteiger partial charge on any atom is 0.203 e. The summed E-state index contributed by atoms with van der Waals surface area (Å²) in [4.78, 5) is 18.2. The second kappa shape index (κ2) is 10.5. The van der Waals surface area contributed by atoms with Crippen LogP contribution >= 0.6 is 0 Å². The number of hydrogen-bond acceptors (Lipinski definition) is 6. The van der Waals surface area contributed by atoms with Gasteiger partial charge in [-0.3, -0.25) is 14.7 Å². The van der Waals surface area contributed by atoms with Gasteiger partial charge in [0.25, 0.3) is 0 Å². The van der Waals surface area contributed by atoms with Crippen molar-refractivity contribution in [1.29, 1.82) is 0 Å². The number of benzene rings is 1. The van der Waals surface area contributed by atoms with E-state index in [9.17, 15) is 4.79 Å². The highest BCUT2D eigenvalue weighted by Gasteiger charge is 2.17. The van der Waals surface area contributed by atoms with E-state index in [1.165, 1.54) is 0 Å². The number of likely N-dealkylation sites (tertiary alicyclic amines) is 1. The van der Waals surface area contributed by atoms with E-state index in [4.69, 9.17) is 14.2 Å². The maximum atomic E-state index is 11.4. The molecule has 6 heteroatoms. The van der Waals surface area contributed by atoms with E-state index in [0.717, 1.165) is 36.5 Å². The summed E-state index contributed by atoms with van der Waals surface area (Å²) in [6.45, 7) is 8.45. The van der Waals surface area contributed by atoms with Gasteiger partial charge in [-0.25, -0.2) is 0 Å². The molecule has 0 amide bonds. The summed E-state index contributed by atoms with van der Waals surface area (Å²) in [6.07, 6.45) is 3.10. The molecule has 0 spiro atoms. The Morgan fingerprint density at radius 1 is 1.00 bits per heavy atom. The van der Waals surface area contributed by atoms with E-state index >= 15 is 0 Å². The van der Waals surface area contributed by atoms with Crippen LogP contribution in [0.15, 0.2) is 43.6 Å². The molecule has 2 heterocycles. The van der Waals surface area contributed by atoms with Crippen molar-refractivity contribution in [2.75, 3.05) is 34.4 Å². The fourth-order valence-electron chi connectivity index (χ4n) is 3.18. The lowest BCUT2D eigenvalue weighted by molar-refractivity contribution is -0.121. The normalized spacial score (nSPS) is 14.0. The van der Waals surface area contributed by atoms with Gasteiger partial charge < -0.3 is 14.2 Å². The molecule has 2 aromatic rings. The molecule has 1 aliphatic rings. The molecule has 0 radical (unpaired) electrons. The molecule has 0 saturated carbocycles. The summed E-state index contributed by atoms with van der Waals surface area (Å²) in [5, 5.41) is 0. The van der Waals surface area contributed by atoms with Gasteiger partial charge >= 0.3 is 0 Å². The molecule has 1 fully saturated rings. The van der Waals surface area contributed by atoms with Gasteiger partial charge in [-0.1, -0.05) is 0 Å². The molecule has 6 nitrogen and oxygen atoms in total. The van der Waals surface area contributed by atoms with Gasteiger partial charge in [0, 0.05) is 44.2 Å². The SMILES string of the molecule is C=C.COc1cc(-c2cc(CN3CCC(=O)CC3)ccn2)cc(OC)c1OC. The molecular formula is C22H28N2O4. The van der Waals surface area contributed by atoms with E-state index in [2.05, 4.69) is 29.1 Å². The Morgan fingerprint density at radius 3 is 2.14 bits per heavy atom. The molecule has 0 atom stereocenters. The first-order valence-electron chi connectivity index (χ1n) is 9.14. The van der Waals surface area contributed by atoms with Crippen molar-refractivity contribution < 1.29 is 19.0 Å². The number of methoxy groups -OCH3 is 3. The highest BCUT2D eigenvalue weighted by atomic mass is 16.5. The summed E-state index contributed by atoms with van der Waals surface area (Å²) < 4.78 is 16.2. The van der Waals surface area contributed by atoms with Crippen molar-refractivity contribution in [3.8, 4) is 28.5 Å². The van der Waals surface area contributed by atoms with E-state index in [0.29, 0.717) is 35.9 Å². The number of ketones is 1. The first-order valence-corrected chi connectivity index (χ1v) is 9.14. The fourth-order valence-corrected chi connectivity index (χ4v) is 3.18. The van der Waals surface area contributed by atoms with Crippen molar-refractivity contribution in [3.63, 3.8) is 0 Å². The van der Waals surface area contributed by atoms with Crippen LogP contribution in [0, 0.1) is 0 Å². The van der Waals surface area contributed by atoms with E-state index in [1.54, 1.807) is 21.3 Å². The number of carbonyl (C=O) groups excluding carboxylic acids is 1. The number of nitrogens with zero attached hydrogens (tertiary/aromatic N) is 2. The lowest BCUT2D eigenvalue weighted by atomic mass is 10.1. The van der Waals surface area contributed by atoms with Gasteiger partial charge in [-0.2, -0.15) is 0 Å². The van der Waals surface area contributed by atoms with E-state index < -0.39 is 0 Å². The van der Waals surface area contributed by atoms with E-state index in [-0.39, 0.29) is 0 Å². The van der Waals surface area contributed by atoms with Crippen LogP contribution < -0.4 is 14.2 Å². The molecule has 150 valence electrons. The Bertz CT molecular complexity index is 772. The zero-order chi connectivity index (χ0) is 20.5. The Balaban J connectivity index is 0.00000136. The van der Waals surface area contributed by atoms with Crippen molar-refractivity contribution in [1.82, 2.24) is 9.88 Å². The van der Waals surface area contributed by atoms with Crippen LogP contribution in [0.25, 0.3) is 11.3 Å². The van der Waals surface area contributed by atoms with Crippen molar-refractivity contribution in [2.24, 2.45) is 0 Å². The molecule has 1 aliphatic heterocycles. The third-order valence-electron chi connectivity index (χ3n) is 4.60. The summed E-state index contributed by atoms with van der Waals surface area (Å²) in [6, 6.07) is 7.87. The third kappa shape index (κ3) is 5.10. The molecule has 1 aromatic carbocycles. The molecule has 1 aromatic heterocycles. The topological polar surface area (TPSA) is 60.9 Å². The Kier molecular flexibility index (Phi) is 8.02. The van der Waals surface area contributed by atoms with E-state index in [1.807, 2.05) is 24.4 Å². The van der Waals surface area contributed by atoms with Gasteiger partial charge in [0.1, 0.15) is 5.78 Å². The minimum Gasteiger partial charge on any atom is -0.493 e. The summed E-state index contributed by atoms with van der Waals surface area (Å²) in [5.74, 6) is 2.12. The largest absolute Gasteiger partial charge is 0.493 e. The quantitative estimate of drug-likeness (QED) is 0.707. The van der Waals surface area contributed by atoms with Crippen molar-refractivity contribution in [2.45, 2.75) is 19.4 Å². The highest BCUT2D eigenvalue weighted by Crippen LogP contribution is 2.40. The van der Waals surface area contributed by atoms with Crippen LogP contribution in [0.5, 0.6) is 17.2 Å². The van der Waals surface area contributed by atoms with Crippen LogP contribution in [0.2, 0.25) is 0 Å². The van der Waals surface area contributed by atoms with Crippen molar-refractivity contribution >= 4 is 5.78 Å². The Morgan fingerprint density at radius 2 is 1.61 bits per heavy atom. The molecule has 3 rings (SSSR count). The standard InChI is InChI=1S/C20H24N2O4.C2H4/c1-24-18-11-15(12-19(25-2)20(18)26-3)17-10-14(4-7-21-17)13-22-8-5-16(23)6-9-22;1-2/h4,7,10-12H,5-6,8-9,13H2,1-3H3;1-2H2. The lowest BCUT2D eigenvalue weighted by Gasteiger charge is -2.25. The predicted octanol–water partition coefficient (Wildman–Crippen LogP) is 3.74. The fraction of sp³-hybridized carbons (Fsp3) is 0.364. The molecule has 0 unspecified atom stereocenters. The van der Waals surface area contributed by atoms with Crippen molar-refractivity contribution in [3.05, 3.63) is 49.2 Å². The van der Waals surface area contributed by atoms with Gasteiger partial charge in [-0.15, -0.1) is 13.2 Å². The number of carbonyl (C=O) groups is 1. The average molecular weight is 384 g/mol. The van der Waals surface area contributed by atoms with Gasteiger partial charge in [0.15, 0.2) is 11.5 Å². The zero-order valence-electron chi connectivity index (χ0n) is 16.9. The molecule has 0 aliphatic carbocycles. The number of rotatable bonds is 6. The minimum absolute atomic E-state index is 0.356. The smallest absolute Gasteiger partial charge is 0.203 e. The number of ether oxygens (including phenoxy) is 3. The monoisotopic (exact) mass is 384 g/mol. The highest BCUT2D eigenvalue weighted by molar-refractivity contribution is 5.79. The number of aromatic nitrogens is 1. The van der Waals surface area contributed by atoms with Crippen LogP contribution in [-0.2, 0) is 11.3 Å². The minimum atomic E-state index is 0.356. The predicted molar refractivity (Wildman–Crippen MR) is 110 cm³/mol. The zero-order valence-corrected chi connectivity index (χ0v) is 16.9. The number of piperidine rings is 1. The number of hydrogen-bond donors (Lipinski definition) is 0. The van der Waals surface area contributed by atoms with Gasteiger partial charge in [0.2, 0.25) is 5.75 Å². The van der Waals surface area contributed by atoms with Crippen LogP contribution in [0.3, 0.4) is 0 Å². The Hall–Kier alpha value is -2.86. The summed E-state index contributed by atoms with van der Waals surface area (Å²) in [7, 11) is 4.79. The average Bonchev–Trinajstić information content (AvgIpc) is 2.75. The lowest BCUT2D eigenvalue weighted by Crippen LogP contribution is -2.33. The first-order chi connectivity index (χ1) is 13.6. The number of pyridine rings is 1. The molecule has 1 saturated heterocycles. The molecule has 0 N–H and O–H groups in total. The van der Waals surface area contributed by atoms with Crippen LogP contribution in [0.1, 0.15) is 18.4 Å². The van der Waals surface area contributed by atoms with Crippen LogP contribution in [-0.4, -0.2) is 50.1 Å². The second-order valence-corrected chi connectivity index (χ2v) is 6.28. The maximum absolute atomic E-state index is 11.4. The summed E-state index contributed by atoms with van der Waals surface area (Å²) in [5.41, 5.74) is 2.91. The van der Waals surface area contributed by atoms with Gasteiger partial charge in [0.05, 0.1) is 27.0 Å². The summed E-state index contributed by atoms with van der Waals surface area (Å²) >= 11 is 0. The molecule has 0 bridgehead atoms. The number of Topliss-reactive ketones (excluding diaryl/α,β-unsaturated/α-hetero) is 1.